The van der Waals surface area contributed by atoms with E-state index in [1.54, 1.807) is 0 Å². The van der Waals surface area contributed by atoms with E-state index in [1.165, 1.54) is 6.26 Å². The minimum Gasteiger partial charge on any atom is -0.502 e. The molecular formula is C12H18O5. The van der Waals surface area contributed by atoms with Crippen LogP contribution in [0.5, 0.6) is 0 Å². The number of ether oxygens (including phenoxy) is 2. The fraction of sp³-hybridized carbons (Fsp3) is 0.500. The molecule has 0 spiro atoms. The van der Waals surface area contributed by atoms with Crippen LogP contribution in [0.15, 0.2) is 25.0 Å². The van der Waals surface area contributed by atoms with Gasteiger partial charge in [-0.15, -0.1) is 0 Å². The number of hydrogen-bond donors (Lipinski definition) is 1. The van der Waals surface area contributed by atoms with Gasteiger partial charge in [0.25, 0.3) is 0 Å². The molecule has 0 aromatic rings. The first kappa shape index (κ1) is 15.2. The third-order valence-electron chi connectivity index (χ3n) is 1.88. The molecule has 0 heterocycles. The fourth-order valence-electron chi connectivity index (χ4n) is 1.08. The van der Waals surface area contributed by atoms with Gasteiger partial charge in [-0.25, -0.2) is 9.59 Å². The van der Waals surface area contributed by atoms with Gasteiger partial charge >= 0.3 is 11.9 Å². The van der Waals surface area contributed by atoms with Crippen LogP contribution in [-0.4, -0.2) is 30.3 Å². The molecule has 0 unspecified atom stereocenters. The summed E-state index contributed by atoms with van der Waals surface area (Å²) in [6, 6.07) is 0. The monoisotopic (exact) mass is 242 g/mol. The maximum Gasteiger partial charge on any atom is 0.331 e. The molecular weight excluding hydrogens is 224 g/mol. The van der Waals surface area contributed by atoms with Crippen LogP contribution in [0, 0.1) is 0 Å². The zero-order valence-electron chi connectivity index (χ0n) is 9.76. The van der Waals surface area contributed by atoms with Crippen molar-refractivity contribution in [2.75, 3.05) is 13.2 Å². The Morgan fingerprint density at radius 1 is 1.06 bits per heavy atom. The molecule has 0 saturated heterocycles. The highest BCUT2D eigenvalue weighted by Gasteiger charge is 1.98. The van der Waals surface area contributed by atoms with Gasteiger partial charge in [0.2, 0.25) is 0 Å². The molecule has 0 aromatic carbocycles. The highest BCUT2D eigenvalue weighted by molar-refractivity contribution is 5.90. The minimum atomic E-state index is -1.16. The van der Waals surface area contributed by atoms with Crippen LogP contribution in [-0.2, 0) is 19.1 Å². The van der Waals surface area contributed by atoms with Crippen molar-refractivity contribution in [3.8, 4) is 0 Å². The second-order valence-electron chi connectivity index (χ2n) is 3.29. The topological polar surface area (TPSA) is 72.8 Å². The highest BCUT2D eigenvalue weighted by atomic mass is 16.5. The summed E-state index contributed by atoms with van der Waals surface area (Å²) in [6.07, 6.45) is 6.72. The van der Waals surface area contributed by atoms with Gasteiger partial charge in [-0.05, 0) is 25.7 Å². The third-order valence-corrected chi connectivity index (χ3v) is 1.88. The first-order chi connectivity index (χ1) is 8.16. The van der Waals surface area contributed by atoms with Gasteiger partial charge in [0.15, 0.2) is 0 Å². The average molecular weight is 242 g/mol. The van der Waals surface area contributed by atoms with Crippen molar-refractivity contribution in [3.05, 3.63) is 25.0 Å². The van der Waals surface area contributed by atoms with Crippen molar-refractivity contribution in [1.29, 1.82) is 0 Å². The number of carboxylic acids is 1. The van der Waals surface area contributed by atoms with Crippen LogP contribution in [0.4, 0.5) is 0 Å². The molecule has 5 nitrogen and oxygen atoms in total. The molecule has 17 heavy (non-hydrogen) atoms. The summed E-state index contributed by atoms with van der Waals surface area (Å²) in [6.45, 7) is 4.40. The lowest BCUT2D eigenvalue weighted by Crippen LogP contribution is -2.03. The van der Waals surface area contributed by atoms with Crippen molar-refractivity contribution in [2.24, 2.45) is 0 Å². The molecule has 0 fully saturated rings. The normalized spacial score (nSPS) is 10.1. The summed E-state index contributed by atoms with van der Waals surface area (Å²) in [5, 5.41) is 8.26. The summed E-state index contributed by atoms with van der Waals surface area (Å²) in [4.78, 5) is 21.0. The standard InChI is InChI=1S/C12H18O5/c1-2-16-9-5-3-4-6-10-17-12(15)8-7-11(13)14/h2,7-8H,1,3-6,9-10H2,(H,13,14)/b8-7-. The number of unbranched alkanes of at least 4 members (excludes halogenated alkanes) is 3. The van der Waals surface area contributed by atoms with E-state index in [1.807, 2.05) is 0 Å². The van der Waals surface area contributed by atoms with Crippen LogP contribution in [0.1, 0.15) is 25.7 Å². The predicted molar refractivity (Wildman–Crippen MR) is 62.4 cm³/mol. The zero-order valence-corrected chi connectivity index (χ0v) is 9.76. The van der Waals surface area contributed by atoms with E-state index in [0.717, 1.165) is 37.8 Å². The number of esters is 1. The molecule has 0 aromatic heterocycles. The minimum absolute atomic E-state index is 0.311. The molecule has 0 radical (unpaired) electrons. The maximum atomic E-state index is 10.9. The molecule has 0 aliphatic carbocycles. The number of aliphatic carboxylic acids is 1. The van der Waals surface area contributed by atoms with Gasteiger partial charge in [-0.3, -0.25) is 0 Å². The third kappa shape index (κ3) is 12.2. The van der Waals surface area contributed by atoms with E-state index in [2.05, 4.69) is 6.58 Å². The van der Waals surface area contributed by atoms with Gasteiger partial charge in [0.05, 0.1) is 19.5 Å². The quantitative estimate of drug-likeness (QED) is 0.274. The Kier molecular flexibility index (Phi) is 9.61. The Morgan fingerprint density at radius 3 is 2.29 bits per heavy atom. The fourth-order valence-corrected chi connectivity index (χ4v) is 1.08. The maximum absolute atomic E-state index is 10.9. The Balaban J connectivity index is 3.30. The van der Waals surface area contributed by atoms with Crippen molar-refractivity contribution < 1.29 is 24.2 Å². The second-order valence-corrected chi connectivity index (χ2v) is 3.29. The van der Waals surface area contributed by atoms with E-state index in [0.29, 0.717) is 13.2 Å². The van der Waals surface area contributed by atoms with Crippen LogP contribution >= 0.6 is 0 Å². The van der Waals surface area contributed by atoms with Crippen molar-refractivity contribution in [1.82, 2.24) is 0 Å². The lowest BCUT2D eigenvalue weighted by Gasteiger charge is -2.02. The highest BCUT2D eigenvalue weighted by Crippen LogP contribution is 2.00. The number of hydrogen-bond acceptors (Lipinski definition) is 4. The van der Waals surface area contributed by atoms with Gasteiger partial charge in [0.1, 0.15) is 0 Å². The Morgan fingerprint density at radius 2 is 1.71 bits per heavy atom. The summed E-state index contributed by atoms with van der Waals surface area (Å²) in [5.74, 6) is -1.79. The predicted octanol–water partition coefficient (Wildman–Crippen LogP) is 1.89. The Bertz CT molecular complexity index is 270. The Labute approximate surface area is 101 Å². The molecule has 0 rings (SSSR count). The zero-order chi connectivity index (χ0) is 12.9. The van der Waals surface area contributed by atoms with Crippen molar-refractivity contribution in [3.63, 3.8) is 0 Å². The van der Waals surface area contributed by atoms with E-state index in [-0.39, 0.29) is 0 Å². The van der Waals surface area contributed by atoms with Crippen molar-refractivity contribution in [2.45, 2.75) is 25.7 Å². The number of carbonyl (C=O) groups is 2. The van der Waals surface area contributed by atoms with E-state index in [4.69, 9.17) is 14.6 Å². The summed E-state index contributed by atoms with van der Waals surface area (Å²) < 4.78 is 9.73. The Hall–Kier alpha value is -1.78. The molecule has 0 aliphatic heterocycles. The first-order valence-electron chi connectivity index (χ1n) is 5.47. The SMILES string of the molecule is C=COCCCCCCOC(=O)/C=C\C(=O)O. The van der Waals surface area contributed by atoms with Crippen LogP contribution in [0.2, 0.25) is 0 Å². The molecule has 0 amide bonds. The molecule has 96 valence electrons. The molecule has 1 N–H and O–H groups in total. The first-order valence-corrected chi connectivity index (χ1v) is 5.47. The van der Waals surface area contributed by atoms with Gasteiger partial charge in [-0.1, -0.05) is 6.58 Å². The molecule has 0 bridgehead atoms. The van der Waals surface area contributed by atoms with Gasteiger partial charge < -0.3 is 14.6 Å². The average Bonchev–Trinajstić information content (AvgIpc) is 2.30. The van der Waals surface area contributed by atoms with Crippen LogP contribution < -0.4 is 0 Å². The van der Waals surface area contributed by atoms with Crippen LogP contribution in [0.25, 0.3) is 0 Å². The van der Waals surface area contributed by atoms with Crippen LogP contribution in [0.3, 0.4) is 0 Å². The van der Waals surface area contributed by atoms with Gasteiger partial charge in [0, 0.05) is 12.2 Å². The number of carbonyl (C=O) groups excluding carboxylic acids is 1. The second kappa shape index (κ2) is 10.7. The van der Waals surface area contributed by atoms with Crippen molar-refractivity contribution >= 4 is 11.9 Å². The molecule has 0 aliphatic rings. The largest absolute Gasteiger partial charge is 0.502 e. The van der Waals surface area contributed by atoms with Gasteiger partial charge in [-0.2, -0.15) is 0 Å². The molecule has 0 saturated carbocycles. The molecule has 0 atom stereocenters. The van der Waals surface area contributed by atoms with E-state index < -0.39 is 11.9 Å². The summed E-state index contributed by atoms with van der Waals surface area (Å²) in [7, 11) is 0. The number of carboxylic acid groups (broad SMARTS) is 1. The lowest BCUT2D eigenvalue weighted by molar-refractivity contribution is -0.138. The van der Waals surface area contributed by atoms with E-state index in [9.17, 15) is 9.59 Å². The smallest absolute Gasteiger partial charge is 0.331 e. The van der Waals surface area contributed by atoms with E-state index >= 15 is 0 Å². The summed E-state index contributed by atoms with van der Waals surface area (Å²) in [5.41, 5.74) is 0. The molecule has 5 heteroatoms. The number of rotatable bonds is 10. The lowest BCUT2D eigenvalue weighted by atomic mass is 10.2. The summed E-state index contributed by atoms with van der Waals surface area (Å²) >= 11 is 0.